The highest BCUT2D eigenvalue weighted by atomic mass is 35.5. The molecule has 3 aromatic rings. The maximum Gasteiger partial charge on any atom is 0.254 e. The van der Waals surface area contributed by atoms with Gasteiger partial charge in [0.05, 0.1) is 6.54 Å². The summed E-state index contributed by atoms with van der Waals surface area (Å²) in [5.74, 6) is -1.11. The molecule has 0 aromatic heterocycles. The molecule has 3 amide bonds. The molecule has 0 unspecified atom stereocenters. The lowest BCUT2D eigenvalue weighted by Crippen LogP contribution is -2.42. The summed E-state index contributed by atoms with van der Waals surface area (Å²) in [6.45, 7) is 1.78. The third kappa shape index (κ3) is 6.96. The lowest BCUT2D eigenvalue weighted by Gasteiger charge is -2.22. The standard InChI is InChI=1S/C25H24ClN3O3/c1-18-7-5-12-22(13-18)28-23(30)15-27-24(31)17-29(16-19-8-3-2-4-9-19)25(32)20-10-6-11-21(26)14-20/h2-14H,15-17H2,1H3,(H,27,31)(H,28,30). The summed E-state index contributed by atoms with van der Waals surface area (Å²) < 4.78 is 0. The van der Waals surface area contributed by atoms with Crippen molar-refractivity contribution < 1.29 is 14.4 Å². The van der Waals surface area contributed by atoms with E-state index in [0.29, 0.717) is 16.3 Å². The van der Waals surface area contributed by atoms with Crippen molar-refractivity contribution in [2.75, 3.05) is 18.4 Å². The van der Waals surface area contributed by atoms with E-state index in [4.69, 9.17) is 11.6 Å². The maximum atomic E-state index is 13.1. The van der Waals surface area contributed by atoms with E-state index < -0.39 is 5.91 Å². The molecule has 0 aliphatic rings. The minimum atomic E-state index is -0.435. The van der Waals surface area contributed by atoms with Gasteiger partial charge in [0.2, 0.25) is 11.8 Å². The third-order valence-electron chi connectivity index (χ3n) is 4.66. The molecule has 6 nitrogen and oxygen atoms in total. The Bertz CT molecular complexity index is 1100. The van der Waals surface area contributed by atoms with Crippen LogP contribution in [0.2, 0.25) is 5.02 Å². The normalized spacial score (nSPS) is 10.3. The fraction of sp³-hybridized carbons (Fsp3) is 0.160. The molecule has 2 N–H and O–H groups in total. The van der Waals surface area contributed by atoms with E-state index in [-0.39, 0.29) is 31.4 Å². The largest absolute Gasteiger partial charge is 0.345 e. The third-order valence-corrected chi connectivity index (χ3v) is 4.89. The summed E-state index contributed by atoms with van der Waals surface area (Å²) in [7, 11) is 0. The highest BCUT2D eigenvalue weighted by Gasteiger charge is 2.20. The molecule has 0 spiro atoms. The second kappa shape index (κ2) is 11.1. The summed E-state index contributed by atoms with van der Waals surface area (Å²) in [4.78, 5) is 39.2. The molecule has 0 saturated heterocycles. The zero-order valence-electron chi connectivity index (χ0n) is 17.7. The second-order valence-electron chi connectivity index (χ2n) is 7.35. The molecule has 0 heterocycles. The topological polar surface area (TPSA) is 78.5 Å². The molecule has 3 rings (SSSR count). The number of hydrogen-bond acceptors (Lipinski definition) is 3. The summed E-state index contributed by atoms with van der Waals surface area (Å²) in [5, 5.41) is 5.76. The predicted octanol–water partition coefficient (Wildman–Crippen LogP) is 4.05. The first-order chi connectivity index (χ1) is 15.4. The Morgan fingerprint density at radius 1 is 0.875 bits per heavy atom. The zero-order valence-corrected chi connectivity index (χ0v) is 18.4. The first-order valence-corrected chi connectivity index (χ1v) is 10.5. The van der Waals surface area contributed by atoms with E-state index in [1.807, 2.05) is 55.5 Å². The Labute approximate surface area is 192 Å². The number of halogens is 1. The lowest BCUT2D eigenvalue weighted by atomic mass is 10.1. The van der Waals surface area contributed by atoms with Crippen molar-refractivity contribution in [2.24, 2.45) is 0 Å². The van der Waals surface area contributed by atoms with Gasteiger partial charge >= 0.3 is 0 Å². The van der Waals surface area contributed by atoms with Crippen LogP contribution >= 0.6 is 11.6 Å². The molecule has 164 valence electrons. The number of amides is 3. The van der Waals surface area contributed by atoms with E-state index in [0.717, 1.165) is 11.1 Å². The van der Waals surface area contributed by atoms with Crippen molar-refractivity contribution in [1.82, 2.24) is 10.2 Å². The van der Waals surface area contributed by atoms with Crippen LogP contribution in [0.1, 0.15) is 21.5 Å². The van der Waals surface area contributed by atoms with Crippen LogP contribution in [0, 0.1) is 6.92 Å². The van der Waals surface area contributed by atoms with Crippen LogP contribution in [0.4, 0.5) is 5.69 Å². The number of carbonyl (C=O) groups excluding carboxylic acids is 3. The van der Waals surface area contributed by atoms with E-state index in [2.05, 4.69) is 10.6 Å². The fourth-order valence-corrected chi connectivity index (χ4v) is 3.33. The molecule has 0 atom stereocenters. The number of rotatable bonds is 8. The first-order valence-electron chi connectivity index (χ1n) is 10.1. The number of benzene rings is 3. The molecule has 0 saturated carbocycles. The van der Waals surface area contributed by atoms with Gasteiger partial charge in [0.15, 0.2) is 0 Å². The quantitative estimate of drug-likeness (QED) is 0.544. The summed E-state index contributed by atoms with van der Waals surface area (Å²) in [5.41, 5.74) is 2.94. The van der Waals surface area contributed by atoms with Gasteiger partial charge in [-0.3, -0.25) is 14.4 Å². The van der Waals surface area contributed by atoms with Gasteiger partial charge in [-0.05, 0) is 48.4 Å². The zero-order chi connectivity index (χ0) is 22.9. The average Bonchev–Trinajstić information content (AvgIpc) is 2.77. The SMILES string of the molecule is Cc1cccc(NC(=O)CNC(=O)CN(Cc2ccccc2)C(=O)c2cccc(Cl)c2)c1. The van der Waals surface area contributed by atoms with Gasteiger partial charge in [0.1, 0.15) is 6.54 Å². The highest BCUT2D eigenvalue weighted by Crippen LogP contribution is 2.15. The maximum absolute atomic E-state index is 13.1. The molecular formula is C25H24ClN3O3. The van der Waals surface area contributed by atoms with Crippen LogP contribution in [0.25, 0.3) is 0 Å². The Hall–Kier alpha value is -3.64. The van der Waals surface area contributed by atoms with Crippen LogP contribution < -0.4 is 10.6 Å². The molecule has 0 bridgehead atoms. The van der Waals surface area contributed by atoms with E-state index in [9.17, 15) is 14.4 Å². The summed E-state index contributed by atoms with van der Waals surface area (Å²) in [6.07, 6.45) is 0. The number of hydrogen-bond donors (Lipinski definition) is 2. The van der Waals surface area contributed by atoms with Gasteiger partial charge in [-0.15, -0.1) is 0 Å². The van der Waals surface area contributed by atoms with Gasteiger partial charge < -0.3 is 15.5 Å². The van der Waals surface area contributed by atoms with Gasteiger partial charge in [0, 0.05) is 22.8 Å². The molecular weight excluding hydrogens is 426 g/mol. The highest BCUT2D eigenvalue weighted by molar-refractivity contribution is 6.31. The van der Waals surface area contributed by atoms with Crippen molar-refractivity contribution in [3.63, 3.8) is 0 Å². The number of nitrogens with zero attached hydrogens (tertiary/aromatic N) is 1. The van der Waals surface area contributed by atoms with Crippen molar-refractivity contribution in [1.29, 1.82) is 0 Å². The minimum Gasteiger partial charge on any atom is -0.345 e. The van der Waals surface area contributed by atoms with Crippen molar-refractivity contribution in [3.8, 4) is 0 Å². The summed E-state index contributed by atoms with van der Waals surface area (Å²) in [6, 6.07) is 23.3. The van der Waals surface area contributed by atoms with Crippen molar-refractivity contribution in [3.05, 3.63) is 101 Å². The van der Waals surface area contributed by atoms with Crippen LogP contribution in [0.3, 0.4) is 0 Å². The molecule has 32 heavy (non-hydrogen) atoms. The Morgan fingerprint density at radius 3 is 2.34 bits per heavy atom. The Kier molecular flexibility index (Phi) is 8.00. The molecule has 0 aliphatic heterocycles. The lowest BCUT2D eigenvalue weighted by molar-refractivity contribution is -0.124. The predicted molar refractivity (Wildman–Crippen MR) is 125 cm³/mol. The monoisotopic (exact) mass is 449 g/mol. The number of aryl methyl sites for hydroxylation is 1. The van der Waals surface area contributed by atoms with Crippen LogP contribution in [0.5, 0.6) is 0 Å². The van der Waals surface area contributed by atoms with Gasteiger partial charge in [-0.1, -0.05) is 60.1 Å². The Balaban J connectivity index is 1.63. The van der Waals surface area contributed by atoms with Gasteiger partial charge in [-0.25, -0.2) is 0 Å². The van der Waals surface area contributed by atoms with Gasteiger partial charge in [0.25, 0.3) is 5.91 Å². The minimum absolute atomic E-state index is 0.196. The fourth-order valence-electron chi connectivity index (χ4n) is 3.14. The molecule has 0 aliphatic carbocycles. The van der Waals surface area contributed by atoms with Crippen molar-refractivity contribution in [2.45, 2.75) is 13.5 Å². The van der Waals surface area contributed by atoms with E-state index in [1.54, 1.807) is 30.3 Å². The van der Waals surface area contributed by atoms with Crippen LogP contribution in [-0.2, 0) is 16.1 Å². The molecule has 0 fully saturated rings. The smallest absolute Gasteiger partial charge is 0.254 e. The summed E-state index contributed by atoms with van der Waals surface area (Å²) >= 11 is 6.03. The second-order valence-corrected chi connectivity index (χ2v) is 7.79. The van der Waals surface area contributed by atoms with E-state index >= 15 is 0 Å². The van der Waals surface area contributed by atoms with Crippen molar-refractivity contribution >= 4 is 35.0 Å². The van der Waals surface area contributed by atoms with Crippen LogP contribution in [0.15, 0.2) is 78.9 Å². The number of anilines is 1. The Morgan fingerprint density at radius 2 is 1.62 bits per heavy atom. The molecule has 3 aromatic carbocycles. The van der Waals surface area contributed by atoms with E-state index in [1.165, 1.54) is 4.90 Å². The number of nitrogens with one attached hydrogen (secondary N) is 2. The van der Waals surface area contributed by atoms with Gasteiger partial charge in [-0.2, -0.15) is 0 Å². The molecule has 0 radical (unpaired) electrons. The number of carbonyl (C=O) groups is 3. The van der Waals surface area contributed by atoms with Crippen LogP contribution in [-0.4, -0.2) is 35.7 Å². The molecule has 7 heteroatoms. The average molecular weight is 450 g/mol. The first kappa shape index (κ1) is 23.0.